The van der Waals surface area contributed by atoms with Crippen LogP contribution in [-0.4, -0.2) is 54.9 Å². The van der Waals surface area contributed by atoms with Crippen LogP contribution in [0.4, 0.5) is 0 Å². The highest BCUT2D eigenvalue weighted by Crippen LogP contribution is 2.37. The summed E-state index contributed by atoms with van der Waals surface area (Å²) in [5, 5.41) is 0. The Bertz CT molecular complexity index is 931. The van der Waals surface area contributed by atoms with E-state index in [0.29, 0.717) is 26.4 Å². The Morgan fingerprint density at radius 3 is 2.41 bits per heavy atom. The lowest BCUT2D eigenvalue weighted by molar-refractivity contribution is -0.112. The number of hydrogen-bond donors (Lipinski definition) is 0. The van der Waals surface area contributed by atoms with Crippen LogP contribution in [0.1, 0.15) is 30.4 Å². The first-order valence-corrected chi connectivity index (χ1v) is 13.2. The van der Waals surface area contributed by atoms with E-state index in [4.69, 9.17) is 23.1 Å². The fourth-order valence-electron chi connectivity index (χ4n) is 4.22. The van der Waals surface area contributed by atoms with Crippen molar-refractivity contribution in [3.05, 3.63) is 65.7 Å². The molecule has 0 N–H and O–H groups in total. The van der Waals surface area contributed by atoms with Crippen LogP contribution in [0.25, 0.3) is 0 Å². The third kappa shape index (κ3) is 8.45. The molecular formula is C26H36O7S. The van der Waals surface area contributed by atoms with Gasteiger partial charge in [0.25, 0.3) is 10.1 Å². The van der Waals surface area contributed by atoms with Gasteiger partial charge in [-0.25, -0.2) is 0 Å². The van der Waals surface area contributed by atoms with Crippen LogP contribution < -0.4 is 0 Å². The van der Waals surface area contributed by atoms with Crippen LogP contribution >= 0.6 is 0 Å². The normalized spacial score (nSPS) is 20.6. The minimum absolute atomic E-state index is 0.0291. The van der Waals surface area contributed by atoms with E-state index in [9.17, 15) is 8.42 Å². The average molecular weight is 493 g/mol. The van der Waals surface area contributed by atoms with Crippen molar-refractivity contribution < 1.29 is 31.5 Å². The zero-order valence-corrected chi connectivity index (χ0v) is 20.9. The van der Waals surface area contributed by atoms with Gasteiger partial charge in [0, 0.05) is 13.7 Å². The fourth-order valence-corrected chi connectivity index (χ4v) is 5.18. The molecule has 0 saturated heterocycles. The maximum absolute atomic E-state index is 12.7. The lowest BCUT2D eigenvalue weighted by Gasteiger charge is -2.25. The van der Waals surface area contributed by atoms with Gasteiger partial charge in [-0.3, -0.25) is 4.18 Å². The Hall–Kier alpha value is -1.81. The molecule has 7 nitrogen and oxygen atoms in total. The molecular weight excluding hydrogens is 456 g/mol. The summed E-state index contributed by atoms with van der Waals surface area (Å²) in [4.78, 5) is 0.179. The largest absolute Gasteiger partial charge is 0.382 e. The molecule has 1 saturated carbocycles. The molecule has 1 aliphatic rings. The highest BCUT2D eigenvalue weighted by atomic mass is 32.2. The molecule has 3 rings (SSSR count). The summed E-state index contributed by atoms with van der Waals surface area (Å²) < 4.78 is 53.2. The molecule has 2 aromatic rings. The molecule has 188 valence electrons. The lowest BCUT2D eigenvalue weighted by Crippen LogP contribution is -2.28. The second kappa shape index (κ2) is 13.9. The van der Waals surface area contributed by atoms with Gasteiger partial charge in [0.2, 0.25) is 0 Å². The maximum Gasteiger partial charge on any atom is 0.296 e. The van der Waals surface area contributed by atoms with Gasteiger partial charge in [0.05, 0.1) is 37.4 Å². The standard InChI is InChI=1S/C26H36O7S/c1-21-8-11-24(12-9-21)34(27,28)33-19-23-10-13-26(32-20-31-17-16-29-2)25(23)14-15-30-18-22-6-4-3-5-7-22/h3-9,11-12,23,25-26H,10,13-20H2,1-2H3/t23-,25+,26-/m1/s1. The van der Waals surface area contributed by atoms with Gasteiger partial charge >= 0.3 is 0 Å². The topological polar surface area (TPSA) is 80.3 Å². The van der Waals surface area contributed by atoms with Crippen molar-refractivity contribution in [3.63, 3.8) is 0 Å². The predicted octanol–water partition coefficient (Wildman–Crippen LogP) is 4.34. The molecule has 1 fully saturated rings. The quantitative estimate of drug-likeness (QED) is 0.208. The van der Waals surface area contributed by atoms with Crippen molar-refractivity contribution in [3.8, 4) is 0 Å². The Balaban J connectivity index is 1.54. The van der Waals surface area contributed by atoms with Gasteiger partial charge in [-0.15, -0.1) is 0 Å². The minimum Gasteiger partial charge on any atom is -0.382 e. The molecule has 0 radical (unpaired) electrons. The zero-order chi connectivity index (χ0) is 24.2. The van der Waals surface area contributed by atoms with Crippen molar-refractivity contribution in [1.82, 2.24) is 0 Å². The van der Waals surface area contributed by atoms with E-state index in [0.717, 1.165) is 30.4 Å². The summed E-state index contributed by atoms with van der Waals surface area (Å²) in [5.74, 6) is 0.180. The van der Waals surface area contributed by atoms with E-state index < -0.39 is 10.1 Å². The third-order valence-corrected chi connectivity index (χ3v) is 7.45. The second-order valence-electron chi connectivity index (χ2n) is 8.60. The smallest absolute Gasteiger partial charge is 0.296 e. The highest BCUT2D eigenvalue weighted by molar-refractivity contribution is 7.86. The Morgan fingerprint density at radius 1 is 0.912 bits per heavy atom. The van der Waals surface area contributed by atoms with Gasteiger partial charge in [-0.1, -0.05) is 48.0 Å². The van der Waals surface area contributed by atoms with Gasteiger partial charge < -0.3 is 18.9 Å². The van der Waals surface area contributed by atoms with Crippen molar-refractivity contribution in [1.29, 1.82) is 0 Å². The van der Waals surface area contributed by atoms with E-state index >= 15 is 0 Å². The van der Waals surface area contributed by atoms with E-state index in [2.05, 4.69) is 0 Å². The summed E-state index contributed by atoms with van der Waals surface area (Å²) >= 11 is 0. The molecule has 1 aliphatic carbocycles. The number of benzene rings is 2. The number of aryl methyl sites for hydroxylation is 1. The van der Waals surface area contributed by atoms with Crippen LogP contribution in [0, 0.1) is 18.8 Å². The Kier molecular flexibility index (Phi) is 11.0. The minimum atomic E-state index is -3.80. The molecule has 0 aliphatic heterocycles. The van der Waals surface area contributed by atoms with Crippen LogP contribution in [0.5, 0.6) is 0 Å². The Morgan fingerprint density at radius 2 is 1.68 bits per heavy atom. The van der Waals surface area contributed by atoms with Gasteiger partial charge in [0.1, 0.15) is 6.79 Å². The molecule has 0 spiro atoms. The highest BCUT2D eigenvalue weighted by Gasteiger charge is 2.37. The summed E-state index contributed by atoms with van der Waals surface area (Å²) in [6.07, 6.45) is 2.39. The molecule has 0 aromatic heterocycles. The summed E-state index contributed by atoms with van der Waals surface area (Å²) in [6.45, 7) is 4.31. The first-order chi connectivity index (χ1) is 16.5. The predicted molar refractivity (Wildman–Crippen MR) is 129 cm³/mol. The second-order valence-corrected chi connectivity index (χ2v) is 10.2. The van der Waals surface area contributed by atoms with Crippen LogP contribution in [0.15, 0.2) is 59.5 Å². The molecule has 8 heteroatoms. The SMILES string of the molecule is COCCOCO[C@@H]1CC[C@H](COS(=O)(=O)c2ccc(C)cc2)[C@@H]1CCOCc1ccccc1. The van der Waals surface area contributed by atoms with Gasteiger partial charge in [0.15, 0.2) is 0 Å². The molecule has 3 atom stereocenters. The zero-order valence-electron chi connectivity index (χ0n) is 20.1. The van der Waals surface area contributed by atoms with Crippen molar-refractivity contribution in [2.45, 2.75) is 43.8 Å². The molecule has 34 heavy (non-hydrogen) atoms. The van der Waals surface area contributed by atoms with E-state index in [-0.39, 0.29) is 36.2 Å². The van der Waals surface area contributed by atoms with E-state index in [1.807, 2.05) is 37.3 Å². The first-order valence-electron chi connectivity index (χ1n) is 11.8. The molecule has 0 heterocycles. The number of rotatable bonds is 15. The van der Waals surface area contributed by atoms with E-state index in [1.165, 1.54) is 0 Å². The monoisotopic (exact) mass is 492 g/mol. The van der Waals surface area contributed by atoms with Crippen LogP contribution in [-0.2, 0) is 39.9 Å². The maximum atomic E-state index is 12.7. The number of hydrogen-bond acceptors (Lipinski definition) is 7. The first kappa shape index (κ1) is 26.8. The molecule has 0 bridgehead atoms. The lowest BCUT2D eigenvalue weighted by atomic mass is 9.92. The molecule has 0 amide bonds. The fraction of sp³-hybridized carbons (Fsp3) is 0.538. The summed E-state index contributed by atoms with van der Waals surface area (Å²) in [5.41, 5.74) is 2.12. The summed E-state index contributed by atoms with van der Waals surface area (Å²) in [7, 11) is -2.18. The molecule has 0 unspecified atom stereocenters. The third-order valence-electron chi connectivity index (χ3n) is 6.16. The van der Waals surface area contributed by atoms with Crippen molar-refractivity contribution in [2.24, 2.45) is 11.8 Å². The summed E-state index contributed by atoms with van der Waals surface area (Å²) in [6, 6.07) is 16.7. The number of methoxy groups -OCH3 is 1. The number of ether oxygens (including phenoxy) is 4. The molecule has 2 aromatic carbocycles. The van der Waals surface area contributed by atoms with Crippen molar-refractivity contribution >= 4 is 10.1 Å². The average Bonchev–Trinajstić information content (AvgIpc) is 3.23. The van der Waals surface area contributed by atoms with Gasteiger partial charge in [-0.05, 0) is 55.7 Å². The van der Waals surface area contributed by atoms with Crippen LogP contribution in [0.2, 0.25) is 0 Å². The van der Waals surface area contributed by atoms with Crippen molar-refractivity contribution in [2.75, 3.05) is 40.3 Å². The van der Waals surface area contributed by atoms with Crippen LogP contribution in [0.3, 0.4) is 0 Å². The van der Waals surface area contributed by atoms with E-state index in [1.54, 1.807) is 31.4 Å². The Labute approximate surface area is 203 Å². The van der Waals surface area contributed by atoms with Gasteiger partial charge in [-0.2, -0.15) is 8.42 Å².